The van der Waals surface area contributed by atoms with E-state index in [-0.39, 0.29) is 0 Å². The first kappa shape index (κ1) is 9.80. The number of rotatable bonds is 1. The second kappa shape index (κ2) is 3.88. The number of hydrogen-bond donors (Lipinski definition) is 1. The van der Waals surface area contributed by atoms with Crippen LogP contribution in [0.5, 0.6) is 0 Å². The molecule has 2 heterocycles. The number of benzene rings is 1. The first-order valence-electron chi connectivity index (χ1n) is 4.69. The van der Waals surface area contributed by atoms with E-state index in [0.29, 0.717) is 29.9 Å². The zero-order valence-electron chi connectivity index (χ0n) is 8.11. The van der Waals surface area contributed by atoms with Gasteiger partial charge in [0.1, 0.15) is 17.6 Å². The Hall–Kier alpha value is -1.40. The van der Waals surface area contributed by atoms with Crippen molar-refractivity contribution in [3.8, 4) is 0 Å². The minimum atomic E-state index is 0.488. The quantitative estimate of drug-likeness (QED) is 0.847. The summed E-state index contributed by atoms with van der Waals surface area (Å²) in [6.45, 7) is 1.27. The van der Waals surface area contributed by atoms with Crippen LogP contribution in [0.15, 0.2) is 17.1 Å². The van der Waals surface area contributed by atoms with E-state index >= 15 is 0 Å². The van der Waals surface area contributed by atoms with Crippen molar-refractivity contribution in [1.82, 2.24) is 8.75 Å². The topological polar surface area (TPSA) is 59.4 Å². The number of nitrogens with zero attached hydrogens (tertiary/aromatic N) is 3. The first-order chi connectivity index (χ1) is 7.84. The van der Waals surface area contributed by atoms with Gasteiger partial charge >= 0.3 is 0 Å². The van der Waals surface area contributed by atoms with Gasteiger partial charge in [0, 0.05) is 0 Å². The first-order valence-corrected chi connectivity index (χ1v) is 5.80. The zero-order valence-corrected chi connectivity index (χ0v) is 9.68. The Morgan fingerprint density at radius 1 is 1.38 bits per heavy atom. The maximum absolute atomic E-state index is 6.10. The lowest BCUT2D eigenvalue weighted by Crippen LogP contribution is -2.12. The molecule has 0 aliphatic carbocycles. The molecule has 0 saturated heterocycles. The van der Waals surface area contributed by atoms with Gasteiger partial charge in [-0.25, -0.2) is 4.99 Å². The molecule has 1 aromatic carbocycles. The lowest BCUT2D eigenvalue weighted by atomic mass is 10.2. The number of ether oxygens (including phenoxy) is 1. The van der Waals surface area contributed by atoms with Gasteiger partial charge in [-0.1, -0.05) is 11.6 Å². The van der Waals surface area contributed by atoms with Crippen LogP contribution >= 0.6 is 23.3 Å². The Balaban J connectivity index is 2.06. The molecule has 0 amide bonds. The Bertz CT molecular complexity index is 568. The molecule has 0 atom stereocenters. The molecular weight excluding hydrogens is 248 g/mol. The molecule has 0 unspecified atom stereocenters. The lowest BCUT2D eigenvalue weighted by Gasteiger charge is -2.07. The van der Waals surface area contributed by atoms with Gasteiger partial charge in [0.05, 0.1) is 29.0 Å². The average molecular weight is 255 g/mol. The highest BCUT2D eigenvalue weighted by Gasteiger charge is 2.14. The fourth-order valence-corrected chi connectivity index (χ4v) is 2.21. The van der Waals surface area contributed by atoms with E-state index in [1.54, 1.807) is 6.07 Å². The summed E-state index contributed by atoms with van der Waals surface area (Å²) in [6, 6.07) is 4.11. The minimum Gasteiger partial charge on any atom is -0.463 e. The van der Waals surface area contributed by atoms with E-state index in [9.17, 15) is 0 Å². The van der Waals surface area contributed by atoms with Crippen LogP contribution in [0.2, 0.25) is 5.02 Å². The van der Waals surface area contributed by atoms with Gasteiger partial charge in [0.15, 0.2) is 0 Å². The van der Waals surface area contributed by atoms with Crippen LogP contribution in [0.1, 0.15) is 0 Å². The Morgan fingerprint density at radius 2 is 2.31 bits per heavy atom. The minimum absolute atomic E-state index is 0.488. The molecule has 0 spiro atoms. The Morgan fingerprint density at radius 3 is 3.12 bits per heavy atom. The second-order valence-corrected chi connectivity index (χ2v) is 4.15. The number of aliphatic imine (C=N–C) groups is 1. The molecule has 0 bridgehead atoms. The highest BCUT2D eigenvalue weighted by molar-refractivity contribution is 7.00. The predicted molar refractivity (Wildman–Crippen MR) is 64.3 cm³/mol. The van der Waals surface area contributed by atoms with Crippen molar-refractivity contribution in [2.24, 2.45) is 4.99 Å². The van der Waals surface area contributed by atoms with Crippen LogP contribution in [-0.2, 0) is 4.74 Å². The normalized spacial score (nSPS) is 14.9. The molecule has 0 radical (unpaired) electrons. The van der Waals surface area contributed by atoms with E-state index in [1.807, 2.05) is 6.07 Å². The van der Waals surface area contributed by atoms with Gasteiger partial charge in [0.2, 0.25) is 0 Å². The van der Waals surface area contributed by atoms with Crippen LogP contribution in [-0.4, -0.2) is 27.9 Å². The molecular formula is C9H7ClN4OS. The van der Waals surface area contributed by atoms with Crippen molar-refractivity contribution < 1.29 is 4.74 Å². The van der Waals surface area contributed by atoms with Crippen LogP contribution in [0.4, 0.5) is 5.69 Å². The standard InChI is InChI=1S/C9H7ClN4OS/c10-5-1-2-6-8(14-16-13-6)7(5)12-9-11-3-4-15-9/h1-2H,3-4H2,(H,11,12). The highest BCUT2D eigenvalue weighted by atomic mass is 35.5. The third-order valence-electron chi connectivity index (χ3n) is 2.19. The molecule has 82 valence electrons. The summed E-state index contributed by atoms with van der Waals surface area (Å²) in [4.78, 5) is 4.14. The van der Waals surface area contributed by atoms with Crippen molar-refractivity contribution >= 4 is 46.1 Å². The third-order valence-corrected chi connectivity index (χ3v) is 3.05. The number of aromatic nitrogens is 2. The van der Waals surface area contributed by atoms with E-state index < -0.39 is 0 Å². The smallest absolute Gasteiger partial charge is 0.289 e. The van der Waals surface area contributed by atoms with Crippen LogP contribution in [0.25, 0.3) is 11.0 Å². The Kier molecular flexibility index (Phi) is 2.37. The molecule has 16 heavy (non-hydrogen) atoms. The highest BCUT2D eigenvalue weighted by Crippen LogP contribution is 2.30. The predicted octanol–water partition coefficient (Wildman–Crippen LogP) is 2.14. The summed E-state index contributed by atoms with van der Waals surface area (Å²) in [7, 11) is 0. The van der Waals surface area contributed by atoms with Crippen LogP contribution < -0.4 is 5.32 Å². The SMILES string of the molecule is Clc1ccc2nsnc2c1NC1=NCCO1. The van der Waals surface area contributed by atoms with E-state index in [2.05, 4.69) is 19.1 Å². The molecule has 0 fully saturated rings. The molecule has 1 aromatic heterocycles. The van der Waals surface area contributed by atoms with E-state index in [0.717, 1.165) is 22.8 Å². The van der Waals surface area contributed by atoms with Crippen molar-refractivity contribution in [1.29, 1.82) is 0 Å². The molecule has 3 rings (SSSR count). The molecule has 0 saturated carbocycles. The number of amidine groups is 1. The number of fused-ring (bicyclic) bond motifs is 1. The fraction of sp³-hybridized carbons (Fsp3) is 0.222. The summed E-state index contributed by atoms with van der Waals surface area (Å²) >= 11 is 7.26. The van der Waals surface area contributed by atoms with Gasteiger partial charge in [-0.05, 0) is 12.1 Å². The van der Waals surface area contributed by atoms with Crippen molar-refractivity contribution in [3.05, 3.63) is 17.2 Å². The third kappa shape index (κ3) is 1.60. The van der Waals surface area contributed by atoms with Gasteiger partial charge in [-0.2, -0.15) is 8.75 Å². The van der Waals surface area contributed by atoms with E-state index in [4.69, 9.17) is 16.3 Å². The number of halogens is 1. The van der Waals surface area contributed by atoms with E-state index in [1.165, 1.54) is 0 Å². The van der Waals surface area contributed by atoms with Gasteiger partial charge in [-0.15, -0.1) is 0 Å². The second-order valence-electron chi connectivity index (χ2n) is 3.21. The maximum atomic E-state index is 6.10. The molecule has 1 aliphatic heterocycles. The summed E-state index contributed by atoms with van der Waals surface area (Å²) in [5, 5.41) is 3.62. The van der Waals surface area contributed by atoms with Crippen LogP contribution in [0, 0.1) is 0 Å². The van der Waals surface area contributed by atoms with Crippen molar-refractivity contribution in [3.63, 3.8) is 0 Å². The fourth-order valence-electron chi connectivity index (χ4n) is 1.46. The molecule has 1 aliphatic rings. The molecule has 1 N–H and O–H groups in total. The zero-order chi connectivity index (χ0) is 11.0. The summed E-state index contributed by atoms with van der Waals surface area (Å²) in [5.41, 5.74) is 2.26. The van der Waals surface area contributed by atoms with Crippen molar-refractivity contribution in [2.75, 3.05) is 18.5 Å². The Labute approximate surface area is 100 Å². The molecule has 2 aromatic rings. The molecule has 5 nitrogen and oxygen atoms in total. The largest absolute Gasteiger partial charge is 0.463 e. The van der Waals surface area contributed by atoms with Gasteiger partial charge in [0.25, 0.3) is 6.02 Å². The number of anilines is 1. The maximum Gasteiger partial charge on any atom is 0.289 e. The summed E-state index contributed by atoms with van der Waals surface area (Å²) in [5.74, 6) is 0. The number of nitrogens with one attached hydrogen (secondary N) is 1. The van der Waals surface area contributed by atoms with Crippen LogP contribution in [0.3, 0.4) is 0 Å². The number of hydrogen-bond acceptors (Lipinski definition) is 6. The monoisotopic (exact) mass is 254 g/mol. The average Bonchev–Trinajstić information content (AvgIpc) is 2.92. The lowest BCUT2D eigenvalue weighted by molar-refractivity contribution is 0.346. The van der Waals surface area contributed by atoms with Crippen molar-refractivity contribution in [2.45, 2.75) is 0 Å². The summed E-state index contributed by atoms with van der Waals surface area (Å²) in [6.07, 6.45) is 0. The summed E-state index contributed by atoms with van der Waals surface area (Å²) < 4.78 is 13.6. The molecule has 7 heteroatoms. The van der Waals surface area contributed by atoms with Gasteiger partial charge in [-0.3, -0.25) is 0 Å². The van der Waals surface area contributed by atoms with Gasteiger partial charge < -0.3 is 10.1 Å².